The van der Waals surface area contributed by atoms with Crippen molar-refractivity contribution in [2.45, 2.75) is 45.1 Å². The van der Waals surface area contributed by atoms with Crippen LogP contribution in [0.4, 0.5) is 0 Å². The number of hydrogen-bond acceptors (Lipinski definition) is 3. The molecule has 0 radical (unpaired) electrons. The molecule has 0 saturated heterocycles. The molecule has 1 aliphatic carbocycles. The van der Waals surface area contributed by atoms with Gasteiger partial charge in [-0.15, -0.1) is 0 Å². The molecule has 0 N–H and O–H groups in total. The molecule has 1 aliphatic rings. The standard InChI is InChI=1S/C18H23Cl2NO3/c1-12(18(23)24-2)11-21(14-6-4-3-5-7-14)17(22)13-8-9-15(19)16(20)10-13/h8-10,12,14H,3-7,11H2,1-2H3. The molecule has 1 aromatic carbocycles. The van der Waals surface area contributed by atoms with Crippen molar-refractivity contribution in [3.63, 3.8) is 0 Å². The minimum atomic E-state index is -0.372. The lowest BCUT2D eigenvalue weighted by atomic mass is 9.93. The Morgan fingerprint density at radius 3 is 2.46 bits per heavy atom. The lowest BCUT2D eigenvalue weighted by molar-refractivity contribution is -0.145. The van der Waals surface area contributed by atoms with E-state index in [1.54, 1.807) is 30.0 Å². The smallest absolute Gasteiger partial charge is 0.310 e. The van der Waals surface area contributed by atoms with Crippen molar-refractivity contribution in [1.29, 1.82) is 0 Å². The maximum absolute atomic E-state index is 13.0. The third-order valence-electron chi connectivity index (χ3n) is 4.52. The number of methoxy groups -OCH3 is 1. The molecular weight excluding hydrogens is 349 g/mol. The van der Waals surface area contributed by atoms with E-state index in [-0.39, 0.29) is 23.8 Å². The average molecular weight is 372 g/mol. The van der Waals surface area contributed by atoms with Crippen molar-refractivity contribution in [2.75, 3.05) is 13.7 Å². The first-order chi connectivity index (χ1) is 11.4. The maximum atomic E-state index is 13.0. The van der Waals surface area contributed by atoms with Gasteiger partial charge in [-0.25, -0.2) is 0 Å². The number of halogens is 2. The Kier molecular flexibility index (Phi) is 6.93. The molecule has 2 rings (SSSR count). The summed E-state index contributed by atoms with van der Waals surface area (Å²) in [5.74, 6) is -0.794. The Labute approximate surface area is 153 Å². The summed E-state index contributed by atoms with van der Waals surface area (Å²) in [5, 5.41) is 0.771. The number of nitrogens with zero attached hydrogens (tertiary/aromatic N) is 1. The van der Waals surface area contributed by atoms with Gasteiger partial charge < -0.3 is 9.64 Å². The van der Waals surface area contributed by atoms with Gasteiger partial charge in [0, 0.05) is 18.2 Å². The summed E-state index contributed by atoms with van der Waals surface area (Å²) < 4.78 is 4.81. The zero-order valence-corrected chi connectivity index (χ0v) is 15.6. The minimum absolute atomic E-state index is 0.115. The highest BCUT2D eigenvalue weighted by Crippen LogP contribution is 2.27. The minimum Gasteiger partial charge on any atom is -0.469 e. The fourth-order valence-corrected chi connectivity index (χ4v) is 3.45. The van der Waals surface area contributed by atoms with Crippen molar-refractivity contribution in [2.24, 2.45) is 5.92 Å². The summed E-state index contributed by atoms with van der Waals surface area (Å²) in [6.45, 7) is 2.13. The van der Waals surface area contributed by atoms with Crippen LogP contribution in [-0.2, 0) is 9.53 Å². The van der Waals surface area contributed by atoms with Crippen LogP contribution in [0, 0.1) is 5.92 Å². The predicted molar refractivity (Wildman–Crippen MR) is 95.6 cm³/mol. The molecule has 0 aromatic heterocycles. The van der Waals surface area contributed by atoms with Gasteiger partial charge in [-0.2, -0.15) is 0 Å². The zero-order valence-electron chi connectivity index (χ0n) is 14.1. The van der Waals surface area contributed by atoms with Gasteiger partial charge in [-0.1, -0.05) is 49.4 Å². The average Bonchev–Trinajstić information content (AvgIpc) is 2.61. The number of ether oxygens (including phenoxy) is 1. The third kappa shape index (κ3) is 4.64. The van der Waals surface area contributed by atoms with Crippen LogP contribution in [0.1, 0.15) is 49.4 Å². The Balaban J connectivity index is 2.24. The van der Waals surface area contributed by atoms with E-state index in [0.29, 0.717) is 22.2 Å². The van der Waals surface area contributed by atoms with Gasteiger partial charge in [-0.05, 0) is 31.0 Å². The van der Waals surface area contributed by atoms with E-state index in [2.05, 4.69) is 0 Å². The SMILES string of the molecule is COC(=O)C(C)CN(C(=O)c1ccc(Cl)c(Cl)c1)C1CCCCC1. The van der Waals surface area contributed by atoms with E-state index in [1.807, 2.05) is 0 Å². The Bertz CT molecular complexity index is 600. The van der Waals surface area contributed by atoms with Gasteiger partial charge in [0.25, 0.3) is 5.91 Å². The normalized spacial score (nSPS) is 16.5. The van der Waals surface area contributed by atoms with Crippen molar-refractivity contribution >= 4 is 35.1 Å². The van der Waals surface area contributed by atoms with Gasteiger partial charge >= 0.3 is 5.97 Å². The van der Waals surface area contributed by atoms with Crippen molar-refractivity contribution in [3.8, 4) is 0 Å². The van der Waals surface area contributed by atoms with Gasteiger partial charge in [0.05, 0.1) is 23.1 Å². The summed E-state index contributed by atoms with van der Waals surface area (Å²) in [6.07, 6.45) is 5.31. The first-order valence-corrected chi connectivity index (χ1v) is 9.03. The van der Waals surface area contributed by atoms with Crippen LogP contribution < -0.4 is 0 Å². The first kappa shape index (κ1) is 19.1. The lowest BCUT2D eigenvalue weighted by Crippen LogP contribution is -2.45. The predicted octanol–water partition coefficient (Wildman–Crippen LogP) is 4.58. The molecule has 4 nitrogen and oxygen atoms in total. The molecule has 24 heavy (non-hydrogen) atoms. The van der Waals surface area contributed by atoms with Crippen LogP contribution in [-0.4, -0.2) is 36.5 Å². The number of esters is 1. The van der Waals surface area contributed by atoms with Crippen molar-refractivity contribution in [1.82, 2.24) is 4.90 Å². The molecule has 1 aromatic rings. The Hall–Kier alpha value is -1.26. The first-order valence-electron chi connectivity index (χ1n) is 8.28. The lowest BCUT2D eigenvalue weighted by Gasteiger charge is -2.35. The Morgan fingerprint density at radius 2 is 1.88 bits per heavy atom. The van der Waals surface area contributed by atoms with Crippen molar-refractivity contribution in [3.05, 3.63) is 33.8 Å². The fourth-order valence-electron chi connectivity index (χ4n) is 3.16. The molecule has 132 valence electrons. The fraction of sp³-hybridized carbons (Fsp3) is 0.556. The van der Waals surface area contributed by atoms with Crippen LogP contribution in [0.2, 0.25) is 10.0 Å². The molecule has 0 aliphatic heterocycles. The molecule has 1 amide bonds. The number of benzene rings is 1. The van der Waals surface area contributed by atoms with Gasteiger partial charge in [0.2, 0.25) is 0 Å². The number of amides is 1. The highest BCUT2D eigenvalue weighted by Gasteiger charge is 2.29. The molecular formula is C18H23Cl2NO3. The van der Waals surface area contributed by atoms with E-state index in [0.717, 1.165) is 25.7 Å². The van der Waals surface area contributed by atoms with Crippen molar-refractivity contribution < 1.29 is 14.3 Å². The summed E-state index contributed by atoms with van der Waals surface area (Å²) in [5.41, 5.74) is 0.493. The zero-order chi connectivity index (χ0) is 17.7. The summed E-state index contributed by atoms with van der Waals surface area (Å²) in [7, 11) is 1.37. The van der Waals surface area contributed by atoms with E-state index < -0.39 is 0 Å². The van der Waals surface area contributed by atoms with Gasteiger partial charge in [0.15, 0.2) is 0 Å². The largest absolute Gasteiger partial charge is 0.469 e. The van der Waals surface area contributed by atoms with Crippen LogP contribution in [0.3, 0.4) is 0 Å². The number of hydrogen-bond donors (Lipinski definition) is 0. The second-order valence-corrected chi connectivity index (χ2v) is 7.12. The quantitative estimate of drug-likeness (QED) is 0.711. The number of rotatable bonds is 5. The highest BCUT2D eigenvalue weighted by molar-refractivity contribution is 6.42. The van der Waals surface area contributed by atoms with Crippen LogP contribution in [0.5, 0.6) is 0 Å². The van der Waals surface area contributed by atoms with Crippen LogP contribution >= 0.6 is 23.2 Å². The monoisotopic (exact) mass is 371 g/mol. The van der Waals surface area contributed by atoms with Gasteiger partial charge in [-0.3, -0.25) is 9.59 Å². The summed E-state index contributed by atoms with van der Waals surface area (Å²) in [6, 6.07) is 5.03. The Morgan fingerprint density at radius 1 is 1.21 bits per heavy atom. The summed E-state index contributed by atoms with van der Waals surface area (Å²) >= 11 is 12.0. The number of carbonyl (C=O) groups is 2. The second kappa shape index (κ2) is 8.72. The van der Waals surface area contributed by atoms with E-state index in [1.165, 1.54) is 13.5 Å². The highest BCUT2D eigenvalue weighted by atomic mass is 35.5. The summed E-state index contributed by atoms with van der Waals surface area (Å²) in [4.78, 5) is 26.6. The van der Waals surface area contributed by atoms with Crippen LogP contribution in [0.15, 0.2) is 18.2 Å². The van der Waals surface area contributed by atoms with Gasteiger partial charge in [0.1, 0.15) is 0 Å². The molecule has 1 atom stereocenters. The van der Waals surface area contributed by atoms with E-state index in [4.69, 9.17) is 27.9 Å². The maximum Gasteiger partial charge on any atom is 0.310 e. The molecule has 0 spiro atoms. The molecule has 0 bridgehead atoms. The second-order valence-electron chi connectivity index (χ2n) is 6.30. The third-order valence-corrected chi connectivity index (χ3v) is 5.26. The molecule has 0 heterocycles. The van der Waals surface area contributed by atoms with Crippen LogP contribution in [0.25, 0.3) is 0 Å². The topological polar surface area (TPSA) is 46.6 Å². The van der Waals surface area contributed by atoms with E-state index >= 15 is 0 Å². The molecule has 1 fully saturated rings. The molecule has 6 heteroatoms. The number of carbonyl (C=O) groups excluding carboxylic acids is 2. The molecule has 1 saturated carbocycles. The molecule has 1 unspecified atom stereocenters. The van der Waals surface area contributed by atoms with E-state index in [9.17, 15) is 9.59 Å².